The van der Waals surface area contributed by atoms with Crippen LogP contribution in [0.2, 0.25) is 0 Å². The maximum Gasteiger partial charge on any atom is 0.416 e. The van der Waals surface area contributed by atoms with E-state index in [2.05, 4.69) is 0 Å². The Kier molecular flexibility index (Phi) is 9.94. The van der Waals surface area contributed by atoms with Gasteiger partial charge >= 0.3 is 18.2 Å². The Morgan fingerprint density at radius 2 is 1.78 bits per heavy atom. The van der Waals surface area contributed by atoms with E-state index in [1.54, 1.807) is 45.0 Å². The summed E-state index contributed by atoms with van der Waals surface area (Å²) in [6.07, 6.45) is -4.74. The highest BCUT2D eigenvalue weighted by molar-refractivity contribution is 5.98. The fraction of sp³-hybridized carbons (Fsp3) is 0.500. The van der Waals surface area contributed by atoms with Crippen LogP contribution in [0.5, 0.6) is 5.75 Å². The van der Waals surface area contributed by atoms with Crippen LogP contribution in [-0.4, -0.2) is 53.2 Å². The number of carboxylic acids is 1. The lowest BCUT2D eigenvalue weighted by Gasteiger charge is -2.28. The van der Waals surface area contributed by atoms with Gasteiger partial charge in [-0.1, -0.05) is 26.0 Å². The molecule has 0 spiro atoms. The Balaban J connectivity index is 1.69. The molecule has 0 aromatic heterocycles. The van der Waals surface area contributed by atoms with E-state index in [1.165, 1.54) is 11.0 Å². The molecule has 1 aliphatic heterocycles. The number of ether oxygens (including phenoxy) is 2. The number of halogens is 3. The van der Waals surface area contributed by atoms with Crippen LogP contribution in [0, 0.1) is 5.92 Å². The van der Waals surface area contributed by atoms with Crippen molar-refractivity contribution < 1.29 is 42.1 Å². The van der Waals surface area contributed by atoms with Crippen LogP contribution in [0.15, 0.2) is 36.4 Å². The van der Waals surface area contributed by atoms with Gasteiger partial charge in [-0.05, 0) is 80.5 Å². The van der Waals surface area contributed by atoms with Crippen molar-refractivity contribution in [3.8, 4) is 5.75 Å². The molecule has 224 valence electrons. The summed E-state index contributed by atoms with van der Waals surface area (Å²) in [4.78, 5) is 39.4. The number of carbonyl (C=O) groups is 3. The molecular weight excluding hydrogens is 541 g/mol. The van der Waals surface area contributed by atoms with Crippen LogP contribution in [0.3, 0.4) is 0 Å². The number of benzene rings is 2. The first-order valence-electron chi connectivity index (χ1n) is 13.5. The molecule has 0 radical (unpaired) electrons. The maximum absolute atomic E-state index is 13.6. The van der Waals surface area contributed by atoms with Crippen molar-refractivity contribution in [3.63, 3.8) is 0 Å². The van der Waals surface area contributed by atoms with E-state index in [0.29, 0.717) is 36.4 Å². The Bertz CT molecular complexity index is 1270. The van der Waals surface area contributed by atoms with Gasteiger partial charge in [0.1, 0.15) is 24.5 Å². The van der Waals surface area contributed by atoms with E-state index in [1.807, 2.05) is 13.8 Å². The molecule has 0 atom stereocenters. The smallest absolute Gasteiger partial charge is 0.416 e. The minimum Gasteiger partial charge on any atom is -0.489 e. The van der Waals surface area contributed by atoms with Crippen LogP contribution < -0.4 is 9.64 Å². The lowest BCUT2D eigenvalue weighted by molar-refractivity contribution is -0.138. The molecule has 2 aromatic rings. The van der Waals surface area contributed by atoms with Crippen LogP contribution >= 0.6 is 0 Å². The highest BCUT2D eigenvalue weighted by Crippen LogP contribution is 2.35. The topological polar surface area (TPSA) is 96.4 Å². The second-order valence-corrected chi connectivity index (χ2v) is 11.5. The molecule has 0 bridgehead atoms. The summed E-state index contributed by atoms with van der Waals surface area (Å²) in [5.74, 6) is -0.961. The molecule has 0 fully saturated rings. The molecule has 11 heteroatoms. The van der Waals surface area contributed by atoms with Crippen molar-refractivity contribution in [2.24, 2.45) is 5.92 Å². The first kappa shape index (κ1) is 31.8. The average molecular weight is 579 g/mol. The Morgan fingerprint density at radius 3 is 2.39 bits per heavy atom. The molecule has 0 unspecified atom stereocenters. The number of aliphatic carboxylic acids is 1. The number of nitrogens with zero attached hydrogens (tertiary/aromatic N) is 2. The van der Waals surface area contributed by atoms with E-state index in [9.17, 15) is 27.6 Å². The summed E-state index contributed by atoms with van der Waals surface area (Å²) < 4.78 is 52.1. The van der Waals surface area contributed by atoms with Gasteiger partial charge < -0.3 is 19.5 Å². The summed E-state index contributed by atoms with van der Waals surface area (Å²) in [5, 5.41) is 9.05. The third-order valence-corrected chi connectivity index (χ3v) is 6.33. The Morgan fingerprint density at radius 1 is 1.07 bits per heavy atom. The quantitative estimate of drug-likeness (QED) is 0.367. The molecule has 0 aliphatic carbocycles. The first-order valence-corrected chi connectivity index (χ1v) is 13.5. The molecular formula is C30H37F3N2O6. The molecule has 2 aromatic carbocycles. The number of fused-ring (bicyclic) bond motifs is 1. The highest BCUT2D eigenvalue weighted by Gasteiger charge is 2.34. The van der Waals surface area contributed by atoms with E-state index in [4.69, 9.17) is 14.6 Å². The van der Waals surface area contributed by atoms with Crippen molar-refractivity contribution in [2.45, 2.75) is 72.3 Å². The zero-order valence-electron chi connectivity index (χ0n) is 24.0. The van der Waals surface area contributed by atoms with Gasteiger partial charge in [0, 0.05) is 18.8 Å². The summed E-state index contributed by atoms with van der Waals surface area (Å²) in [6.45, 7) is 8.53. The van der Waals surface area contributed by atoms with Gasteiger partial charge in [0.2, 0.25) is 5.91 Å². The normalized spacial score (nSPS) is 13.2. The van der Waals surface area contributed by atoms with Gasteiger partial charge in [-0.3, -0.25) is 14.5 Å². The first-order chi connectivity index (χ1) is 19.0. The molecule has 2 amide bonds. The second-order valence-electron chi connectivity index (χ2n) is 11.5. The van der Waals surface area contributed by atoms with Gasteiger partial charge in [-0.15, -0.1) is 0 Å². The average Bonchev–Trinajstić information content (AvgIpc) is 3.27. The SMILES string of the molecule is CC(C)Cc1ccc(COc2ccc3c(c2)CCN3C(=O)CN(CCC(=O)O)C(=O)OC(C)(C)C)cc1C(F)(F)F. The van der Waals surface area contributed by atoms with Gasteiger partial charge in [-0.25, -0.2) is 4.79 Å². The highest BCUT2D eigenvalue weighted by atomic mass is 19.4. The van der Waals surface area contributed by atoms with Gasteiger partial charge in [0.05, 0.1) is 12.0 Å². The lowest BCUT2D eigenvalue weighted by atomic mass is 9.96. The van der Waals surface area contributed by atoms with Crippen LogP contribution in [-0.2, 0) is 40.0 Å². The molecule has 8 nitrogen and oxygen atoms in total. The number of carboxylic acid groups (broad SMARTS) is 1. The molecule has 0 saturated carbocycles. The van der Waals surface area contributed by atoms with Crippen molar-refractivity contribution >= 4 is 23.7 Å². The van der Waals surface area contributed by atoms with Crippen molar-refractivity contribution in [1.29, 1.82) is 0 Å². The zero-order chi connectivity index (χ0) is 30.5. The van der Waals surface area contributed by atoms with E-state index in [-0.39, 0.29) is 37.6 Å². The van der Waals surface area contributed by atoms with Gasteiger partial charge in [0.25, 0.3) is 0 Å². The third kappa shape index (κ3) is 9.12. The van der Waals surface area contributed by atoms with Crippen LogP contribution in [0.1, 0.15) is 63.3 Å². The second kappa shape index (κ2) is 12.8. The lowest BCUT2D eigenvalue weighted by Crippen LogP contribution is -2.45. The van der Waals surface area contributed by atoms with Crippen LogP contribution in [0.4, 0.5) is 23.7 Å². The van der Waals surface area contributed by atoms with Crippen LogP contribution in [0.25, 0.3) is 0 Å². The number of rotatable bonds is 10. The van der Waals surface area contributed by atoms with Crippen molar-refractivity contribution in [3.05, 3.63) is 58.7 Å². The molecule has 41 heavy (non-hydrogen) atoms. The predicted molar refractivity (Wildman–Crippen MR) is 147 cm³/mol. The van der Waals surface area contributed by atoms with Gasteiger partial charge in [-0.2, -0.15) is 13.2 Å². The number of hydrogen-bond acceptors (Lipinski definition) is 5. The van der Waals surface area contributed by atoms with Crippen molar-refractivity contribution in [2.75, 3.05) is 24.5 Å². The Hall–Kier alpha value is -3.76. The predicted octanol–water partition coefficient (Wildman–Crippen LogP) is 6.08. The summed E-state index contributed by atoms with van der Waals surface area (Å²) in [5.41, 5.74) is 0.620. The largest absolute Gasteiger partial charge is 0.489 e. The number of carbonyl (C=O) groups excluding carboxylic acids is 2. The fourth-order valence-corrected chi connectivity index (χ4v) is 4.53. The monoisotopic (exact) mass is 578 g/mol. The molecule has 0 saturated heterocycles. The summed E-state index contributed by atoms with van der Waals surface area (Å²) in [6, 6.07) is 9.35. The number of hydrogen-bond donors (Lipinski definition) is 1. The van der Waals surface area contributed by atoms with E-state index < -0.39 is 35.3 Å². The standard InChI is InChI=1S/C30H37F3N2O6/c1-19(2)14-21-7-6-20(15-24(21)30(31,32)33)18-40-23-8-9-25-22(16-23)10-13-35(25)26(36)17-34(12-11-27(37)38)28(39)41-29(3,4)5/h6-9,15-16,19H,10-14,17-18H2,1-5H3,(H,37,38). The molecule has 1 N–H and O–H groups in total. The summed E-state index contributed by atoms with van der Waals surface area (Å²) in [7, 11) is 0. The third-order valence-electron chi connectivity index (χ3n) is 6.33. The maximum atomic E-state index is 13.6. The minimum atomic E-state index is -4.46. The van der Waals surface area contributed by atoms with E-state index >= 15 is 0 Å². The molecule has 1 aliphatic rings. The van der Waals surface area contributed by atoms with Crippen molar-refractivity contribution in [1.82, 2.24) is 4.90 Å². The molecule has 1 heterocycles. The zero-order valence-corrected chi connectivity index (χ0v) is 24.0. The number of amides is 2. The minimum absolute atomic E-state index is 0.0547. The van der Waals surface area contributed by atoms with Gasteiger partial charge in [0.15, 0.2) is 0 Å². The fourth-order valence-electron chi connectivity index (χ4n) is 4.53. The Labute approximate surface area is 238 Å². The molecule has 3 rings (SSSR count). The van der Waals surface area contributed by atoms with E-state index in [0.717, 1.165) is 16.5 Å². The number of anilines is 1. The number of alkyl halides is 3. The summed E-state index contributed by atoms with van der Waals surface area (Å²) >= 11 is 0.